The van der Waals surface area contributed by atoms with Gasteiger partial charge in [0.1, 0.15) is 0 Å². The maximum Gasteiger partial charge on any atom is 0.0126 e. The molecule has 0 spiro atoms. The molecule has 0 aromatic carbocycles. The second-order valence-electron chi connectivity index (χ2n) is 5.30. The summed E-state index contributed by atoms with van der Waals surface area (Å²) in [5, 5.41) is 3.83. The fourth-order valence-electron chi connectivity index (χ4n) is 2.64. The third-order valence-corrected chi connectivity index (χ3v) is 3.86. The van der Waals surface area contributed by atoms with Crippen molar-refractivity contribution in [3.8, 4) is 0 Å². The van der Waals surface area contributed by atoms with Crippen molar-refractivity contribution in [3.63, 3.8) is 0 Å². The Morgan fingerprint density at radius 2 is 1.54 bits per heavy atom. The van der Waals surface area contributed by atoms with Gasteiger partial charge in [0, 0.05) is 18.1 Å². The van der Waals surface area contributed by atoms with Gasteiger partial charge in [0.15, 0.2) is 0 Å². The molecule has 0 amide bonds. The molecular weight excluding hydrogens is 160 g/mol. The number of hydrogen-bond donors (Lipinski definition) is 2. The summed E-state index contributed by atoms with van der Waals surface area (Å²) in [5.41, 5.74) is 5.79. The van der Waals surface area contributed by atoms with E-state index in [1.165, 1.54) is 38.5 Å². The Balaban J connectivity index is 1.50. The van der Waals surface area contributed by atoms with Crippen molar-refractivity contribution in [3.05, 3.63) is 0 Å². The van der Waals surface area contributed by atoms with Gasteiger partial charge in [-0.2, -0.15) is 0 Å². The summed E-state index contributed by atoms with van der Waals surface area (Å²) < 4.78 is 0. The summed E-state index contributed by atoms with van der Waals surface area (Å²) in [4.78, 5) is 0. The Hall–Kier alpha value is -0.0800. The van der Waals surface area contributed by atoms with E-state index in [9.17, 15) is 0 Å². The maximum atomic E-state index is 5.79. The molecule has 0 heterocycles. The Kier molecular flexibility index (Phi) is 1.88. The van der Waals surface area contributed by atoms with Crippen LogP contribution in [0.5, 0.6) is 0 Å². The highest BCUT2D eigenvalue weighted by atomic mass is 15.0. The van der Waals surface area contributed by atoms with E-state index in [4.69, 9.17) is 5.73 Å². The van der Waals surface area contributed by atoms with E-state index in [0.29, 0.717) is 6.04 Å². The topological polar surface area (TPSA) is 38.0 Å². The fourth-order valence-corrected chi connectivity index (χ4v) is 2.64. The van der Waals surface area contributed by atoms with E-state index in [2.05, 4.69) is 5.32 Å². The molecule has 2 heteroatoms. The first-order valence-corrected chi connectivity index (χ1v) is 5.84. The summed E-state index contributed by atoms with van der Waals surface area (Å²) >= 11 is 0. The summed E-state index contributed by atoms with van der Waals surface area (Å²) in [6, 6.07) is 2.13. The lowest BCUT2D eigenvalue weighted by molar-refractivity contribution is 0.243. The van der Waals surface area contributed by atoms with Crippen molar-refractivity contribution in [2.75, 3.05) is 0 Å². The predicted octanol–water partition coefficient (Wildman–Crippen LogP) is 1.25. The van der Waals surface area contributed by atoms with Gasteiger partial charge in [-0.25, -0.2) is 0 Å². The fraction of sp³-hybridized carbons (Fsp3) is 1.00. The minimum absolute atomic E-state index is 0.497. The SMILES string of the molecule is NC1CC(NC(C2CC2)C2CC2)C1. The van der Waals surface area contributed by atoms with Gasteiger partial charge >= 0.3 is 0 Å². The van der Waals surface area contributed by atoms with Crippen LogP contribution in [0, 0.1) is 11.8 Å². The van der Waals surface area contributed by atoms with Gasteiger partial charge in [0.25, 0.3) is 0 Å². The van der Waals surface area contributed by atoms with Gasteiger partial charge in [-0.3, -0.25) is 0 Å². The molecular formula is C11H20N2. The normalized spacial score (nSPS) is 39.2. The highest BCUT2D eigenvalue weighted by Crippen LogP contribution is 2.45. The molecule has 3 aliphatic rings. The Bertz CT molecular complexity index is 178. The molecule has 74 valence electrons. The Labute approximate surface area is 80.3 Å². The average molecular weight is 180 g/mol. The third-order valence-electron chi connectivity index (χ3n) is 3.86. The van der Waals surface area contributed by atoms with Gasteiger partial charge < -0.3 is 11.1 Å². The second-order valence-corrected chi connectivity index (χ2v) is 5.30. The van der Waals surface area contributed by atoms with Crippen LogP contribution in [0.25, 0.3) is 0 Å². The zero-order valence-electron chi connectivity index (χ0n) is 8.21. The van der Waals surface area contributed by atoms with Crippen LogP contribution in [0.4, 0.5) is 0 Å². The molecule has 0 bridgehead atoms. The first-order chi connectivity index (χ1) is 6.33. The lowest BCUT2D eigenvalue weighted by atomic mass is 9.86. The molecule has 0 unspecified atom stereocenters. The molecule has 0 aromatic rings. The molecule has 3 aliphatic carbocycles. The number of rotatable bonds is 4. The maximum absolute atomic E-state index is 5.79. The molecule has 13 heavy (non-hydrogen) atoms. The number of nitrogens with two attached hydrogens (primary N) is 1. The molecule has 3 rings (SSSR count). The highest BCUT2D eigenvalue weighted by Gasteiger charge is 2.43. The predicted molar refractivity (Wildman–Crippen MR) is 53.4 cm³/mol. The molecule has 3 saturated carbocycles. The summed E-state index contributed by atoms with van der Waals surface area (Å²) in [7, 11) is 0. The van der Waals surface area contributed by atoms with Gasteiger partial charge in [0.05, 0.1) is 0 Å². The quantitative estimate of drug-likeness (QED) is 0.683. The van der Waals surface area contributed by atoms with Crippen LogP contribution >= 0.6 is 0 Å². The Morgan fingerprint density at radius 3 is 1.92 bits per heavy atom. The largest absolute Gasteiger partial charge is 0.328 e. The van der Waals surface area contributed by atoms with Crippen LogP contribution in [0.3, 0.4) is 0 Å². The number of nitrogens with one attached hydrogen (secondary N) is 1. The molecule has 0 aromatic heterocycles. The first kappa shape index (κ1) is 8.25. The van der Waals surface area contributed by atoms with Crippen LogP contribution in [-0.4, -0.2) is 18.1 Å². The van der Waals surface area contributed by atoms with E-state index in [-0.39, 0.29) is 0 Å². The zero-order valence-corrected chi connectivity index (χ0v) is 8.21. The van der Waals surface area contributed by atoms with E-state index < -0.39 is 0 Å². The monoisotopic (exact) mass is 180 g/mol. The molecule has 0 radical (unpaired) electrons. The zero-order chi connectivity index (χ0) is 8.84. The van der Waals surface area contributed by atoms with E-state index >= 15 is 0 Å². The molecule has 3 fully saturated rings. The van der Waals surface area contributed by atoms with Crippen molar-refractivity contribution < 1.29 is 0 Å². The van der Waals surface area contributed by atoms with Crippen molar-refractivity contribution in [1.82, 2.24) is 5.32 Å². The molecule has 0 atom stereocenters. The van der Waals surface area contributed by atoms with Crippen molar-refractivity contribution in [1.29, 1.82) is 0 Å². The first-order valence-electron chi connectivity index (χ1n) is 5.84. The summed E-state index contributed by atoms with van der Waals surface area (Å²) in [6.45, 7) is 0. The third kappa shape index (κ3) is 1.75. The summed E-state index contributed by atoms with van der Waals surface area (Å²) in [6.07, 6.45) is 8.35. The van der Waals surface area contributed by atoms with Gasteiger partial charge in [0.2, 0.25) is 0 Å². The van der Waals surface area contributed by atoms with E-state index in [1.807, 2.05) is 0 Å². The molecule has 0 aliphatic heterocycles. The average Bonchev–Trinajstić information content (AvgIpc) is 2.85. The van der Waals surface area contributed by atoms with Crippen LogP contribution < -0.4 is 11.1 Å². The minimum atomic E-state index is 0.497. The van der Waals surface area contributed by atoms with Crippen molar-refractivity contribution in [2.45, 2.75) is 56.7 Å². The van der Waals surface area contributed by atoms with Crippen LogP contribution in [0.1, 0.15) is 38.5 Å². The summed E-state index contributed by atoms with van der Waals surface area (Å²) in [5.74, 6) is 2.06. The highest BCUT2D eigenvalue weighted by molar-refractivity contribution is 5.00. The molecule has 2 nitrogen and oxygen atoms in total. The van der Waals surface area contributed by atoms with Gasteiger partial charge in [-0.15, -0.1) is 0 Å². The number of hydrogen-bond acceptors (Lipinski definition) is 2. The van der Waals surface area contributed by atoms with E-state index in [0.717, 1.165) is 23.9 Å². The standard InChI is InChI=1S/C11H20N2/c12-9-5-10(6-9)13-11(7-1-2-7)8-3-4-8/h7-11,13H,1-6,12H2. The lowest BCUT2D eigenvalue weighted by Gasteiger charge is -2.36. The second kappa shape index (κ2) is 2.96. The smallest absolute Gasteiger partial charge is 0.0126 e. The van der Waals surface area contributed by atoms with Gasteiger partial charge in [-0.05, 0) is 50.4 Å². The lowest BCUT2D eigenvalue weighted by Crippen LogP contribution is -2.52. The van der Waals surface area contributed by atoms with Crippen molar-refractivity contribution in [2.24, 2.45) is 17.6 Å². The van der Waals surface area contributed by atoms with Gasteiger partial charge in [-0.1, -0.05) is 0 Å². The van der Waals surface area contributed by atoms with Crippen LogP contribution in [0.15, 0.2) is 0 Å². The van der Waals surface area contributed by atoms with Crippen LogP contribution in [-0.2, 0) is 0 Å². The van der Waals surface area contributed by atoms with Crippen molar-refractivity contribution >= 4 is 0 Å². The Morgan fingerprint density at radius 1 is 1.00 bits per heavy atom. The molecule has 3 N–H and O–H groups in total. The molecule has 0 saturated heterocycles. The van der Waals surface area contributed by atoms with E-state index in [1.54, 1.807) is 0 Å². The minimum Gasteiger partial charge on any atom is -0.328 e. The van der Waals surface area contributed by atoms with Crippen LogP contribution in [0.2, 0.25) is 0 Å².